The maximum absolute atomic E-state index is 2.49. The quantitative estimate of drug-likeness (QED) is 0.146. The van der Waals surface area contributed by atoms with E-state index >= 15 is 0 Å². The Balaban J connectivity index is 0.949. The van der Waals surface area contributed by atoms with Crippen LogP contribution in [-0.2, 0) is 0 Å². The minimum absolute atomic E-state index is 1.13. The molecule has 0 saturated carbocycles. The molecule has 71 heavy (non-hydrogen) atoms. The van der Waals surface area contributed by atoms with Gasteiger partial charge in [-0.05, 0) is 132 Å². The first-order valence-electron chi connectivity index (χ1n) is 24.3. The van der Waals surface area contributed by atoms with E-state index in [2.05, 4.69) is 253 Å². The molecule has 1 nitrogen and oxygen atoms in total. The summed E-state index contributed by atoms with van der Waals surface area (Å²) in [4.78, 5) is 0. The predicted molar refractivity (Wildman–Crippen MR) is 309 cm³/mol. The summed E-state index contributed by atoms with van der Waals surface area (Å²) in [5.41, 5.74) is 15.8. The molecule has 0 N–H and O–H groups in total. The number of nitrogens with zero attached hydrogens (tertiary/aromatic N) is 1. The number of aromatic nitrogens is 1. The SMILES string of the molecule is c1ccc(-c2c3ccccc3c(-c3ccccc3)c3cc(-c4cccc(-n5c6ccc(-c7cccc8c7sc7ccccc78)cc6c6cc(-c7cccc8c7sc7ccccc78)ccc65)c4)ccc23)cc1. The van der Waals surface area contributed by atoms with Crippen LogP contribution in [0.3, 0.4) is 0 Å². The summed E-state index contributed by atoms with van der Waals surface area (Å²) in [6, 6.07) is 92.5. The second-order valence-corrected chi connectivity index (χ2v) is 20.8. The summed E-state index contributed by atoms with van der Waals surface area (Å²) in [5, 5.41) is 12.8. The largest absolute Gasteiger partial charge is 0.309 e. The van der Waals surface area contributed by atoms with E-state index in [1.54, 1.807) is 0 Å². The Morgan fingerprint density at radius 2 is 0.648 bits per heavy atom. The van der Waals surface area contributed by atoms with E-state index in [1.807, 2.05) is 22.7 Å². The van der Waals surface area contributed by atoms with E-state index in [4.69, 9.17) is 0 Å². The summed E-state index contributed by atoms with van der Waals surface area (Å²) in [7, 11) is 0. The number of rotatable bonds is 6. The van der Waals surface area contributed by atoms with E-state index < -0.39 is 0 Å². The first-order valence-corrected chi connectivity index (χ1v) is 25.9. The van der Waals surface area contributed by atoms with Gasteiger partial charge in [-0.2, -0.15) is 0 Å². The molecule has 3 aromatic heterocycles. The lowest BCUT2D eigenvalue weighted by molar-refractivity contribution is 1.18. The normalized spacial score (nSPS) is 11.9. The molecule has 0 spiro atoms. The van der Waals surface area contributed by atoms with Gasteiger partial charge in [0.05, 0.1) is 11.0 Å². The molecule has 3 heteroatoms. The molecule has 0 unspecified atom stereocenters. The average molecular weight is 936 g/mol. The zero-order valence-corrected chi connectivity index (χ0v) is 40.1. The zero-order valence-electron chi connectivity index (χ0n) is 38.4. The maximum atomic E-state index is 2.49. The molecule has 0 fully saturated rings. The topological polar surface area (TPSA) is 4.93 Å². The molecule has 15 rings (SSSR count). The highest BCUT2D eigenvalue weighted by Gasteiger charge is 2.21. The van der Waals surface area contributed by atoms with Crippen molar-refractivity contribution in [2.75, 3.05) is 0 Å². The molecular weight excluding hydrogens is 895 g/mol. The number of hydrogen-bond acceptors (Lipinski definition) is 2. The average Bonchev–Trinajstić information content (AvgIpc) is 4.12. The number of hydrogen-bond donors (Lipinski definition) is 0. The van der Waals surface area contributed by atoms with Crippen molar-refractivity contribution in [1.29, 1.82) is 0 Å². The van der Waals surface area contributed by atoms with Crippen LogP contribution < -0.4 is 0 Å². The summed E-state index contributed by atoms with van der Waals surface area (Å²) in [5.74, 6) is 0. The first-order chi connectivity index (χ1) is 35.2. The van der Waals surface area contributed by atoms with Gasteiger partial charge >= 0.3 is 0 Å². The molecule has 0 saturated heterocycles. The van der Waals surface area contributed by atoms with Crippen LogP contribution >= 0.6 is 22.7 Å². The van der Waals surface area contributed by atoms with E-state index in [1.165, 1.54) is 139 Å². The van der Waals surface area contributed by atoms with Crippen LogP contribution in [0.15, 0.2) is 249 Å². The predicted octanol–water partition coefficient (Wildman–Crippen LogP) is 20.2. The Labute approximate surface area is 418 Å². The molecule has 12 aromatic carbocycles. The minimum atomic E-state index is 1.13. The third-order valence-corrected chi connectivity index (χ3v) is 17.2. The van der Waals surface area contributed by atoms with Gasteiger partial charge < -0.3 is 4.57 Å². The molecule has 0 radical (unpaired) electrons. The first kappa shape index (κ1) is 40.3. The van der Waals surface area contributed by atoms with Crippen molar-refractivity contribution in [2.24, 2.45) is 0 Å². The van der Waals surface area contributed by atoms with Gasteiger partial charge in [-0.25, -0.2) is 0 Å². The fourth-order valence-corrected chi connectivity index (χ4v) is 14.1. The van der Waals surface area contributed by atoms with E-state index in [0.29, 0.717) is 0 Å². The molecule has 3 heterocycles. The van der Waals surface area contributed by atoms with Gasteiger partial charge in [-0.1, -0.05) is 194 Å². The van der Waals surface area contributed by atoms with Crippen LogP contribution in [0.1, 0.15) is 0 Å². The van der Waals surface area contributed by atoms with Gasteiger partial charge in [-0.3, -0.25) is 0 Å². The van der Waals surface area contributed by atoms with Crippen LogP contribution in [0.25, 0.3) is 145 Å². The minimum Gasteiger partial charge on any atom is -0.309 e. The standard InChI is InChI=1S/C68H41NS2/c1-3-16-42(17-4-1)65-53-24-7-8-25-54(53)66(43-18-5-2-6-19-43)60-39-45(32-35-55(60)65)44-20-13-21-48(38-44)69-61-36-33-46(49-26-14-28-56-51-22-9-11-30-63(51)70-67(49)56)40-58(61)59-41-47(34-37-62(59)69)50-27-15-29-57-52-23-10-12-31-64(52)71-68(50)57/h1-41H. The Kier molecular flexibility index (Phi) is 9.07. The Morgan fingerprint density at radius 1 is 0.239 bits per heavy atom. The fraction of sp³-hybridized carbons (Fsp3) is 0. The molecule has 0 aliphatic carbocycles. The third kappa shape index (κ3) is 6.30. The van der Waals surface area contributed by atoms with Gasteiger partial charge in [0.1, 0.15) is 0 Å². The third-order valence-electron chi connectivity index (χ3n) is 14.8. The van der Waals surface area contributed by atoms with Gasteiger partial charge in [0.2, 0.25) is 0 Å². The molecule has 0 aliphatic rings. The van der Waals surface area contributed by atoms with Crippen molar-refractivity contribution in [3.63, 3.8) is 0 Å². The lowest BCUT2D eigenvalue weighted by Crippen LogP contribution is -1.95. The highest BCUT2D eigenvalue weighted by Crippen LogP contribution is 2.47. The van der Waals surface area contributed by atoms with E-state index in [9.17, 15) is 0 Å². The zero-order chi connectivity index (χ0) is 46.6. The van der Waals surface area contributed by atoms with Gasteiger partial charge in [0, 0.05) is 56.8 Å². The van der Waals surface area contributed by atoms with Crippen LogP contribution in [0.5, 0.6) is 0 Å². The Morgan fingerprint density at radius 3 is 1.21 bits per heavy atom. The number of benzene rings is 12. The second kappa shape index (κ2) is 16.0. The smallest absolute Gasteiger partial charge is 0.0541 e. The second-order valence-electron chi connectivity index (χ2n) is 18.7. The van der Waals surface area contributed by atoms with Crippen LogP contribution in [0, 0.1) is 0 Å². The lowest BCUT2D eigenvalue weighted by atomic mass is 9.85. The number of fused-ring (bicyclic) bond motifs is 11. The van der Waals surface area contributed by atoms with E-state index in [0.717, 1.165) is 5.69 Å². The number of thiophene rings is 2. The van der Waals surface area contributed by atoms with Gasteiger partial charge in [-0.15, -0.1) is 22.7 Å². The van der Waals surface area contributed by atoms with Crippen molar-refractivity contribution in [3.8, 4) is 61.3 Å². The summed E-state index contributed by atoms with van der Waals surface area (Å²) < 4.78 is 7.78. The molecule has 0 amide bonds. The van der Waals surface area contributed by atoms with Gasteiger partial charge in [0.15, 0.2) is 0 Å². The van der Waals surface area contributed by atoms with Gasteiger partial charge in [0.25, 0.3) is 0 Å². The Hall–Kier alpha value is -8.60. The molecule has 0 bridgehead atoms. The van der Waals surface area contributed by atoms with Crippen LogP contribution in [0.4, 0.5) is 0 Å². The highest BCUT2D eigenvalue weighted by molar-refractivity contribution is 7.26. The molecule has 0 aliphatic heterocycles. The van der Waals surface area contributed by atoms with Crippen molar-refractivity contribution in [1.82, 2.24) is 4.57 Å². The fourth-order valence-electron chi connectivity index (χ4n) is 11.6. The monoisotopic (exact) mass is 935 g/mol. The van der Waals surface area contributed by atoms with Crippen molar-refractivity contribution < 1.29 is 0 Å². The molecule has 0 atom stereocenters. The Bertz CT molecular complexity index is 4460. The van der Waals surface area contributed by atoms with E-state index in [-0.39, 0.29) is 0 Å². The summed E-state index contributed by atoms with van der Waals surface area (Å²) >= 11 is 3.78. The van der Waals surface area contributed by atoms with Crippen molar-refractivity contribution in [2.45, 2.75) is 0 Å². The van der Waals surface area contributed by atoms with Crippen LogP contribution in [0.2, 0.25) is 0 Å². The summed E-state index contributed by atoms with van der Waals surface area (Å²) in [6.07, 6.45) is 0. The van der Waals surface area contributed by atoms with Crippen molar-refractivity contribution in [3.05, 3.63) is 249 Å². The maximum Gasteiger partial charge on any atom is 0.0541 e. The van der Waals surface area contributed by atoms with Crippen molar-refractivity contribution >= 4 is 106 Å². The highest BCUT2D eigenvalue weighted by atomic mass is 32.1. The summed E-state index contributed by atoms with van der Waals surface area (Å²) in [6.45, 7) is 0. The lowest BCUT2D eigenvalue weighted by Gasteiger charge is -2.19. The molecule has 15 aromatic rings. The molecule has 330 valence electrons. The molecular formula is C68H41NS2. The van der Waals surface area contributed by atoms with Crippen LogP contribution in [-0.4, -0.2) is 4.57 Å².